The molecular weight excluding hydrogens is 204 g/mol. The third kappa shape index (κ3) is 2.15. The van der Waals surface area contributed by atoms with Gasteiger partial charge in [-0.3, -0.25) is 4.79 Å². The predicted octanol–water partition coefficient (Wildman–Crippen LogP) is 3.70. The van der Waals surface area contributed by atoms with E-state index in [0.29, 0.717) is 0 Å². The maximum absolute atomic E-state index is 12.1. The molecule has 0 atom stereocenters. The van der Waals surface area contributed by atoms with Gasteiger partial charge in [-0.1, -0.05) is 18.2 Å². The Morgan fingerprint density at radius 1 is 1.33 bits per heavy atom. The summed E-state index contributed by atoms with van der Waals surface area (Å²) in [4.78, 5) is 13.2. The Morgan fingerprint density at radius 2 is 2.13 bits per heavy atom. The quantitative estimate of drug-likeness (QED) is 0.568. The molecule has 1 aliphatic rings. The molecule has 2 heteroatoms. The van der Waals surface area contributed by atoms with Gasteiger partial charge >= 0.3 is 0 Å². The van der Waals surface area contributed by atoms with Gasteiger partial charge in [0, 0.05) is 10.5 Å². The normalized spacial score (nSPS) is 15.1. The largest absolute Gasteiger partial charge is 0.289 e. The van der Waals surface area contributed by atoms with Gasteiger partial charge in [0.25, 0.3) is 0 Å². The molecule has 0 aromatic heterocycles. The highest BCUT2D eigenvalue weighted by Gasteiger charge is 2.17. The lowest BCUT2D eigenvalue weighted by atomic mass is 10.0. The highest BCUT2D eigenvalue weighted by molar-refractivity contribution is 7.98. The van der Waals surface area contributed by atoms with E-state index in [-0.39, 0.29) is 5.78 Å². The van der Waals surface area contributed by atoms with Crippen molar-refractivity contribution in [3.05, 3.63) is 41.5 Å². The molecule has 0 saturated heterocycles. The molecule has 0 spiro atoms. The van der Waals surface area contributed by atoms with Gasteiger partial charge in [-0.15, -0.1) is 11.8 Å². The maximum atomic E-state index is 12.1. The number of ketones is 1. The van der Waals surface area contributed by atoms with E-state index >= 15 is 0 Å². The Labute approximate surface area is 94.6 Å². The Morgan fingerprint density at radius 3 is 2.80 bits per heavy atom. The number of carbonyl (C=O) groups is 1. The third-order valence-corrected chi connectivity index (χ3v) is 3.48. The monoisotopic (exact) mass is 218 g/mol. The Hall–Kier alpha value is -1.02. The molecule has 1 aliphatic carbocycles. The summed E-state index contributed by atoms with van der Waals surface area (Å²) in [5, 5.41) is 0. The SMILES string of the molecule is CSc1ccccc1C(=O)C1=CCCC1. The van der Waals surface area contributed by atoms with E-state index < -0.39 is 0 Å². The van der Waals surface area contributed by atoms with Crippen molar-refractivity contribution in [2.45, 2.75) is 24.2 Å². The van der Waals surface area contributed by atoms with Gasteiger partial charge in [0.1, 0.15) is 0 Å². The molecular formula is C13H14OS. The van der Waals surface area contributed by atoms with Crippen LogP contribution in [0, 0.1) is 0 Å². The lowest BCUT2D eigenvalue weighted by Gasteiger charge is -2.06. The Kier molecular flexibility index (Phi) is 3.27. The number of hydrogen-bond acceptors (Lipinski definition) is 2. The van der Waals surface area contributed by atoms with Crippen LogP contribution in [0.4, 0.5) is 0 Å². The molecule has 1 aromatic carbocycles. The average molecular weight is 218 g/mol. The lowest BCUT2D eigenvalue weighted by Crippen LogP contribution is -2.02. The van der Waals surface area contributed by atoms with Crippen molar-refractivity contribution in [2.75, 3.05) is 6.26 Å². The molecule has 0 amide bonds. The van der Waals surface area contributed by atoms with Crippen molar-refractivity contribution in [1.82, 2.24) is 0 Å². The second-order valence-corrected chi connectivity index (χ2v) is 4.50. The number of allylic oxidation sites excluding steroid dienone is 2. The summed E-state index contributed by atoms with van der Waals surface area (Å²) in [5.41, 5.74) is 1.86. The molecule has 0 N–H and O–H groups in total. The van der Waals surface area contributed by atoms with Crippen LogP contribution in [0.25, 0.3) is 0 Å². The molecule has 2 rings (SSSR count). The zero-order chi connectivity index (χ0) is 10.7. The van der Waals surface area contributed by atoms with Gasteiger partial charge in [-0.2, -0.15) is 0 Å². The van der Waals surface area contributed by atoms with E-state index in [2.05, 4.69) is 6.08 Å². The fourth-order valence-electron chi connectivity index (χ4n) is 1.88. The molecule has 0 unspecified atom stereocenters. The van der Waals surface area contributed by atoms with Gasteiger partial charge < -0.3 is 0 Å². The summed E-state index contributed by atoms with van der Waals surface area (Å²) >= 11 is 1.63. The maximum Gasteiger partial charge on any atom is 0.189 e. The van der Waals surface area contributed by atoms with E-state index in [0.717, 1.165) is 35.3 Å². The number of Topliss-reactive ketones (excluding diaryl/α,β-unsaturated/α-hetero) is 1. The molecule has 78 valence electrons. The van der Waals surface area contributed by atoms with Crippen LogP contribution in [-0.4, -0.2) is 12.0 Å². The molecule has 1 nitrogen and oxygen atoms in total. The number of benzene rings is 1. The summed E-state index contributed by atoms with van der Waals surface area (Å²) in [6.45, 7) is 0. The van der Waals surface area contributed by atoms with Crippen molar-refractivity contribution in [3.8, 4) is 0 Å². The summed E-state index contributed by atoms with van der Waals surface area (Å²) in [5.74, 6) is 0.220. The summed E-state index contributed by atoms with van der Waals surface area (Å²) < 4.78 is 0. The van der Waals surface area contributed by atoms with Crippen LogP contribution in [0.2, 0.25) is 0 Å². The van der Waals surface area contributed by atoms with Crippen molar-refractivity contribution in [2.24, 2.45) is 0 Å². The van der Waals surface area contributed by atoms with Crippen LogP contribution in [0.15, 0.2) is 40.8 Å². The third-order valence-electron chi connectivity index (χ3n) is 2.68. The first-order valence-electron chi connectivity index (χ1n) is 5.19. The molecule has 0 fully saturated rings. The Bertz CT molecular complexity index is 407. The highest BCUT2D eigenvalue weighted by Crippen LogP contribution is 2.26. The second kappa shape index (κ2) is 4.67. The first-order chi connectivity index (χ1) is 7.33. The zero-order valence-corrected chi connectivity index (χ0v) is 9.64. The molecule has 0 saturated carbocycles. The van der Waals surface area contributed by atoms with Crippen LogP contribution in [0.1, 0.15) is 29.6 Å². The van der Waals surface area contributed by atoms with E-state index in [4.69, 9.17) is 0 Å². The number of hydrogen-bond donors (Lipinski definition) is 0. The summed E-state index contributed by atoms with van der Waals surface area (Å²) in [6.07, 6.45) is 7.22. The van der Waals surface area contributed by atoms with Crippen LogP contribution in [-0.2, 0) is 0 Å². The predicted molar refractivity (Wildman–Crippen MR) is 64.5 cm³/mol. The van der Waals surface area contributed by atoms with Gasteiger partial charge in [-0.25, -0.2) is 0 Å². The molecule has 0 radical (unpaired) electrons. The van der Waals surface area contributed by atoms with Crippen LogP contribution < -0.4 is 0 Å². The fraction of sp³-hybridized carbons (Fsp3) is 0.308. The first kappa shape index (κ1) is 10.5. The zero-order valence-electron chi connectivity index (χ0n) is 8.82. The minimum Gasteiger partial charge on any atom is -0.289 e. The molecule has 0 heterocycles. The van der Waals surface area contributed by atoms with E-state index in [1.54, 1.807) is 11.8 Å². The highest BCUT2D eigenvalue weighted by atomic mass is 32.2. The number of rotatable bonds is 3. The summed E-state index contributed by atoms with van der Waals surface area (Å²) in [6, 6.07) is 7.84. The number of carbonyl (C=O) groups excluding carboxylic acids is 1. The van der Waals surface area contributed by atoms with E-state index in [1.807, 2.05) is 30.5 Å². The van der Waals surface area contributed by atoms with Gasteiger partial charge in [-0.05, 0) is 43.2 Å². The van der Waals surface area contributed by atoms with Crippen molar-refractivity contribution < 1.29 is 4.79 Å². The van der Waals surface area contributed by atoms with Crippen LogP contribution in [0.5, 0.6) is 0 Å². The van der Waals surface area contributed by atoms with E-state index in [1.165, 1.54) is 0 Å². The minimum absolute atomic E-state index is 0.220. The van der Waals surface area contributed by atoms with E-state index in [9.17, 15) is 4.79 Å². The topological polar surface area (TPSA) is 17.1 Å². The Balaban J connectivity index is 2.32. The van der Waals surface area contributed by atoms with Crippen molar-refractivity contribution >= 4 is 17.5 Å². The van der Waals surface area contributed by atoms with Gasteiger partial charge in [0.15, 0.2) is 5.78 Å². The molecule has 1 aromatic rings. The van der Waals surface area contributed by atoms with Crippen LogP contribution in [0.3, 0.4) is 0 Å². The average Bonchev–Trinajstić information content (AvgIpc) is 2.81. The standard InChI is InChI=1S/C13H14OS/c1-15-12-9-5-4-8-11(12)13(14)10-6-2-3-7-10/h4-6,8-9H,2-3,7H2,1H3. The smallest absolute Gasteiger partial charge is 0.189 e. The molecule has 15 heavy (non-hydrogen) atoms. The second-order valence-electron chi connectivity index (χ2n) is 3.65. The van der Waals surface area contributed by atoms with Gasteiger partial charge in [0.05, 0.1) is 0 Å². The molecule has 0 aliphatic heterocycles. The van der Waals surface area contributed by atoms with Crippen molar-refractivity contribution in [3.63, 3.8) is 0 Å². The van der Waals surface area contributed by atoms with Crippen LogP contribution >= 0.6 is 11.8 Å². The number of thioether (sulfide) groups is 1. The fourth-order valence-corrected chi connectivity index (χ4v) is 2.48. The lowest BCUT2D eigenvalue weighted by molar-refractivity contribution is 0.102. The first-order valence-corrected chi connectivity index (χ1v) is 6.42. The summed E-state index contributed by atoms with van der Waals surface area (Å²) in [7, 11) is 0. The minimum atomic E-state index is 0.220. The molecule has 0 bridgehead atoms. The van der Waals surface area contributed by atoms with Gasteiger partial charge in [0.2, 0.25) is 0 Å². The van der Waals surface area contributed by atoms with Crippen molar-refractivity contribution in [1.29, 1.82) is 0 Å².